The van der Waals surface area contributed by atoms with Crippen LogP contribution >= 0.6 is 27.7 Å². The summed E-state index contributed by atoms with van der Waals surface area (Å²) in [6, 6.07) is 10.1. The van der Waals surface area contributed by atoms with Gasteiger partial charge in [0.15, 0.2) is 0 Å². The molecule has 1 unspecified atom stereocenters. The predicted molar refractivity (Wildman–Crippen MR) is 68.6 cm³/mol. The third-order valence-electron chi connectivity index (χ3n) is 1.75. The van der Waals surface area contributed by atoms with Gasteiger partial charge in [-0.2, -0.15) is 0 Å². The zero-order valence-corrected chi connectivity index (χ0v) is 11.0. The smallest absolute Gasteiger partial charge is 0.230 e. The molecule has 0 saturated carbocycles. The van der Waals surface area contributed by atoms with Crippen LogP contribution in [-0.2, 0) is 4.79 Å². The Bertz CT molecular complexity index is 305. The number of benzene rings is 1. The van der Waals surface area contributed by atoms with E-state index in [0.29, 0.717) is 5.75 Å². The van der Waals surface area contributed by atoms with E-state index in [1.54, 1.807) is 11.8 Å². The zero-order valence-electron chi connectivity index (χ0n) is 8.57. The first kappa shape index (κ1) is 12.6. The first-order chi connectivity index (χ1) is 7.22. The Hall–Kier alpha value is -0.480. The van der Waals surface area contributed by atoms with Crippen molar-refractivity contribution < 1.29 is 4.79 Å². The molecule has 1 amide bonds. The molecular weight excluding hydrogens is 274 g/mol. The largest absolute Gasteiger partial charge is 0.352 e. The van der Waals surface area contributed by atoms with Gasteiger partial charge in [-0.25, -0.2) is 0 Å². The summed E-state index contributed by atoms with van der Waals surface area (Å²) in [5.74, 6) is 0.553. The average molecular weight is 288 g/mol. The molecular formula is C11H14BrNOS. The molecule has 0 heterocycles. The molecule has 0 aliphatic carbocycles. The van der Waals surface area contributed by atoms with Crippen LogP contribution in [0.25, 0.3) is 0 Å². The molecule has 1 N–H and O–H groups in total. The predicted octanol–water partition coefficient (Wildman–Crippen LogP) is 2.68. The lowest BCUT2D eigenvalue weighted by atomic mass is 10.4. The van der Waals surface area contributed by atoms with E-state index in [4.69, 9.17) is 0 Å². The molecule has 1 atom stereocenters. The van der Waals surface area contributed by atoms with Gasteiger partial charge in [0.2, 0.25) is 5.91 Å². The van der Waals surface area contributed by atoms with Crippen LogP contribution in [0, 0.1) is 0 Å². The van der Waals surface area contributed by atoms with Crippen LogP contribution in [0.3, 0.4) is 0 Å². The Kier molecular flexibility index (Phi) is 5.79. The normalized spacial score (nSPS) is 12.1. The molecule has 0 spiro atoms. The van der Waals surface area contributed by atoms with E-state index in [-0.39, 0.29) is 11.9 Å². The number of alkyl halides is 1. The summed E-state index contributed by atoms with van der Waals surface area (Å²) < 4.78 is 0. The standard InChI is InChI=1S/C11H14BrNOS/c1-9(7-12)13-11(14)8-15-10-5-3-2-4-6-10/h2-6,9H,7-8H2,1H3,(H,13,14). The third-order valence-corrected chi connectivity index (χ3v) is 3.74. The van der Waals surface area contributed by atoms with Crippen LogP contribution < -0.4 is 5.32 Å². The molecule has 15 heavy (non-hydrogen) atoms. The van der Waals surface area contributed by atoms with Crippen LogP contribution in [0.4, 0.5) is 0 Å². The van der Waals surface area contributed by atoms with Crippen molar-refractivity contribution in [3.63, 3.8) is 0 Å². The molecule has 0 aliphatic heterocycles. The number of hydrogen-bond donors (Lipinski definition) is 1. The van der Waals surface area contributed by atoms with E-state index in [9.17, 15) is 4.79 Å². The lowest BCUT2D eigenvalue weighted by molar-refractivity contribution is -0.118. The van der Waals surface area contributed by atoms with Crippen molar-refractivity contribution in [3.05, 3.63) is 30.3 Å². The summed E-state index contributed by atoms with van der Waals surface area (Å²) in [4.78, 5) is 12.6. The molecule has 4 heteroatoms. The fourth-order valence-corrected chi connectivity index (χ4v) is 1.91. The van der Waals surface area contributed by atoms with Crippen molar-refractivity contribution in [2.45, 2.75) is 17.9 Å². The van der Waals surface area contributed by atoms with Crippen molar-refractivity contribution in [1.29, 1.82) is 0 Å². The molecule has 1 rings (SSSR count). The Labute approximate surface area is 103 Å². The van der Waals surface area contributed by atoms with Crippen molar-refractivity contribution in [1.82, 2.24) is 5.32 Å². The topological polar surface area (TPSA) is 29.1 Å². The van der Waals surface area contributed by atoms with Crippen molar-refractivity contribution in [2.75, 3.05) is 11.1 Å². The highest BCUT2D eigenvalue weighted by Crippen LogP contribution is 2.16. The van der Waals surface area contributed by atoms with Gasteiger partial charge in [0.1, 0.15) is 0 Å². The number of thioether (sulfide) groups is 1. The fourth-order valence-electron chi connectivity index (χ4n) is 1.02. The van der Waals surface area contributed by atoms with Gasteiger partial charge in [-0.3, -0.25) is 4.79 Å². The Morgan fingerprint density at radius 3 is 2.73 bits per heavy atom. The minimum absolute atomic E-state index is 0.0794. The molecule has 0 aliphatic rings. The summed E-state index contributed by atoms with van der Waals surface area (Å²) >= 11 is 4.87. The zero-order chi connectivity index (χ0) is 11.1. The molecule has 0 bridgehead atoms. The SMILES string of the molecule is CC(CBr)NC(=O)CSc1ccccc1. The number of carbonyl (C=O) groups excluding carboxylic acids is 1. The van der Waals surface area contributed by atoms with Gasteiger partial charge in [0.25, 0.3) is 0 Å². The monoisotopic (exact) mass is 287 g/mol. The first-order valence-electron chi connectivity index (χ1n) is 4.75. The minimum Gasteiger partial charge on any atom is -0.352 e. The van der Waals surface area contributed by atoms with Gasteiger partial charge < -0.3 is 5.32 Å². The summed E-state index contributed by atoms with van der Waals surface area (Å²) in [6.07, 6.45) is 0. The second-order valence-electron chi connectivity index (χ2n) is 3.22. The highest BCUT2D eigenvalue weighted by Gasteiger charge is 2.05. The lowest BCUT2D eigenvalue weighted by Gasteiger charge is -2.09. The number of nitrogens with one attached hydrogen (secondary N) is 1. The summed E-state index contributed by atoms with van der Waals surface area (Å²) in [7, 11) is 0. The van der Waals surface area contributed by atoms with Gasteiger partial charge in [0.05, 0.1) is 5.75 Å². The van der Waals surface area contributed by atoms with Gasteiger partial charge in [-0.15, -0.1) is 11.8 Å². The minimum atomic E-state index is 0.0794. The van der Waals surface area contributed by atoms with Gasteiger partial charge >= 0.3 is 0 Å². The van der Waals surface area contributed by atoms with E-state index in [0.717, 1.165) is 10.2 Å². The van der Waals surface area contributed by atoms with E-state index in [2.05, 4.69) is 21.2 Å². The lowest BCUT2D eigenvalue weighted by Crippen LogP contribution is -2.34. The van der Waals surface area contributed by atoms with Crippen LogP contribution in [0.2, 0.25) is 0 Å². The van der Waals surface area contributed by atoms with Crippen LogP contribution in [-0.4, -0.2) is 23.0 Å². The maximum absolute atomic E-state index is 11.4. The molecule has 0 fully saturated rings. The first-order valence-corrected chi connectivity index (χ1v) is 6.86. The Morgan fingerprint density at radius 2 is 2.13 bits per heavy atom. The van der Waals surface area contributed by atoms with E-state index in [1.807, 2.05) is 37.3 Å². The third kappa shape index (κ3) is 5.23. The van der Waals surface area contributed by atoms with Crippen LogP contribution in [0.5, 0.6) is 0 Å². The van der Waals surface area contributed by atoms with Crippen LogP contribution in [0.1, 0.15) is 6.92 Å². The molecule has 1 aromatic carbocycles. The second kappa shape index (κ2) is 6.90. The number of amides is 1. The molecule has 0 saturated heterocycles. The van der Waals surface area contributed by atoms with Crippen molar-refractivity contribution >= 4 is 33.6 Å². The number of halogens is 1. The maximum atomic E-state index is 11.4. The van der Waals surface area contributed by atoms with E-state index in [1.165, 1.54) is 0 Å². The maximum Gasteiger partial charge on any atom is 0.230 e. The number of hydrogen-bond acceptors (Lipinski definition) is 2. The average Bonchev–Trinajstić information content (AvgIpc) is 2.27. The Balaban J connectivity index is 2.29. The summed E-state index contributed by atoms with van der Waals surface area (Å²) in [5, 5.41) is 3.68. The van der Waals surface area contributed by atoms with Gasteiger partial charge in [-0.1, -0.05) is 34.1 Å². The van der Waals surface area contributed by atoms with Crippen LogP contribution in [0.15, 0.2) is 35.2 Å². The number of rotatable bonds is 5. The molecule has 0 aromatic heterocycles. The van der Waals surface area contributed by atoms with E-state index >= 15 is 0 Å². The highest BCUT2D eigenvalue weighted by molar-refractivity contribution is 9.09. The van der Waals surface area contributed by atoms with Gasteiger partial charge in [0, 0.05) is 16.3 Å². The summed E-state index contributed by atoms with van der Waals surface area (Å²) in [5.41, 5.74) is 0. The quantitative estimate of drug-likeness (QED) is 0.666. The number of carbonyl (C=O) groups is 1. The molecule has 0 radical (unpaired) electrons. The highest BCUT2D eigenvalue weighted by atomic mass is 79.9. The molecule has 2 nitrogen and oxygen atoms in total. The van der Waals surface area contributed by atoms with Gasteiger partial charge in [-0.05, 0) is 19.1 Å². The second-order valence-corrected chi connectivity index (χ2v) is 4.92. The van der Waals surface area contributed by atoms with E-state index < -0.39 is 0 Å². The Morgan fingerprint density at radius 1 is 1.47 bits per heavy atom. The van der Waals surface area contributed by atoms with Crippen molar-refractivity contribution in [2.24, 2.45) is 0 Å². The summed E-state index contributed by atoms with van der Waals surface area (Å²) in [6.45, 7) is 1.97. The molecule has 82 valence electrons. The molecule has 1 aromatic rings. The fraction of sp³-hybridized carbons (Fsp3) is 0.364. The van der Waals surface area contributed by atoms with Crippen molar-refractivity contribution in [3.8, 4) is 0 Å².